The monoisotopic (exact) mass is 484 g/mol. The first-order valence-corrected chi connectivity index (χ1v) is 11.0. The van der Waals surface area contributed by atoms with Crippen molar-refractivity contribution in [2.24, 2.45) is 0 Å². The van der Waals surface area contributed by atoms with Crippen LogP contribution < -0.4 is 5.32 Å². The van der Waals surface area contributed by atoms with Crippen molar-refractivity contribution in [3.63, 3.8) is 0 Å². The Morgan fingerprint density at radius 2 is 1.56 bits per heavy atom. The maximum atomic E-state index is 11.8. The van der Waals surface area contributed by atoms with E-state index < -0.39 is 5.97 Å². The lowest BCUT2D eigenvalue weighted by atomic mass is 10.1. The SMILES string of the molecule is O=C(O)c1cc(-c2ccc(NCc3c(Cl)cccc3Cl)cc2)cn1Cc1cccc(Cl)c1. The molecule has 0 radical (unpaired) electrons. The highest BCUT2D eigenvalue weighted by atomic mass is 35.5. The highest BCUT2D eigenvalue weighted by Crippen LogP contribution is 2.27. The third-order valence-electron chi connectivity index (χ3n) is 5.11. The van der Waals surface area contributed by atoms with Crippen LogP contribution in [0.25, 0.3) is 11.1 Å². The zero-order valence-electron chi connectivity index (χ0n) is 16.9. The summed E-state index contributed by atoms with van der Waals surface area (Å²) in [5.41, 5.74) is 4.63. The van der Waals surface area contributed by atoms with Crippen molar-refractivity contribution in [3.05, 3.63) is 111 Å². The number of benzene rings is 3. The van der Waals surface area contributed by atoms with Crippen LogP contribution in [0.3, 0.4) is 0 Å². The Kier molecular flexibility index (Phi) is 6.75. The highest BCUT2D eigenvalue weighted by Gasteiger charge is 2.14. The molecule has 0 saturated heterocycles. The van der Waals surface area contributed by atoms with Crippen molar-refractivity contribution in [1.82, 2.24) is 4.57 Å². The lowest BCUT2D eigenvalue weighted by molar-refractivity contribution is 0.0685. The molecular weight excluding hydrogens is 467 g/mol. The zero-order valence-corrected chi connectivity index (χ0v) is 19.1. The molecule has 0 spiro atoms. The second-order valence-electron chi connectivity index (χ2n) is 7.31. The van der Waals surface area contributed by atoms with Gasteiger partial charge in [-0.2, -0.15) is 0 Å². The van der Waals surface area contributed by atoms with Crippen LogP contribution in [0, 0.1) is 0 Å². The summed E-state index contributed by atoms with van der Waals surface area (Å²) in [5, 5.41) is 14.8. The summed E-state index contributed by atoms with van der Waals surface area (Å²) < 4.78 is 1.72. The van der Waals surface area contributed by atoms with E-state index in [4.69, 9.17) is 34.8 Å². The minimum Gasteiger partial charge on any atom is -0.477 e. The summed E-state index contributed by atoms with van der Waals surface area (Å²) >= 11 is 18.5. The molecule has 1 aromatic heterocycles. The predicted octanol–water partition coefficient (Wildman–Crippen LogP) is 7.47. The van der Waals surface area contributed by atoms with Crippen LogP contribution in [0.4, 0.5) is 5.69 Å². The lowest BCUT2D eigenvalue weighted by Crippen LogP contribution is -2.08. The fourth-order valence-corrected chi connectivity index (χ4v) is 4.23. The number of nitrogens with one attached hydrogen (secondary N) is 1. The summed E-state index contributed by atoms with van der Waals surface area (Å²) in [6.07, 6.45) is 1.84. The normalized spacial score (nSPS) is 10.8. The molecule has 0 aliphatic carbocycles. The molecule has 3 aromatic carbocycles. The largest absolute Gasteiger partial charge is 0.477 e. The van der Waals surface area contributed by atoms with E-state index in [9.17, 15) is 9.90 Å². The average molecular weight is 486 g/mol. The molecule has 0 atom stereocenters. The molecule has 4 rings (SSSR count). The van der Waals surface area contributed by atoms with Gasteiger partial charge in [-0.3, -0.25) is 0 Å². The van der Waals surface area contributed by atoms with Crippen molar-refractivity contribution in [2.45, 2.75) is 13.1 Å². The minimum atomic E-state index is -0.979. The number of aromatic carboxylic acids is 1. The summed E-state index contributed by atoms with van der Waals surface area (Å²) in [6.45, 7) is 0.914. The topological polar surface area (TPSA) is 54.3 Å². The molecule has 0 aliphatic rings. The third-order valence-corrected chi connectivity index (χ3v) is 6.05. The molecule has 0 fully saturated rings. The summed E-state index contributed by atoms with van der Waals surface area (Å²) in [7, 11) is 0. The highest BCUT2D eigenvalue weighted by molar-refractivity contribution is 6.36. The molecule has 0 saturated carbocycles. The number of carboxylic acid groups (broad SMARTS) is 1. The van der Waals surface area contributed by atoms with Gasteiger partial charge in [-0.15, -0.1) is 0 Å². The first-order valence-electron chi connectivity index (χ1n) is 9.86. The van der Waals surface area contributed by atoms with Gasteiger partial charge in [-0.1, -0.05) is 65.1 Å². The second kappa shape index (κ2) is 9.70. The molecule has 32 heavy (non-hydrogen) atoms. The Bertz CT molecular complexity index is 1250. The van der Waals surface area contributed by atoms with Crippen LogP contribution in [-0.4, -0.2) is 15.6 Å². The number of carbonyl (C=O) groups is 1. The van der Waals surface area contributed by atoms with Gasteiger partial charge in [0.2, 0.25) is 0 Å². The molecule has 0 bridgehead atoms. The molecular formula is C25H19Cl3N2O2. The van der Waals surface area contributed by atoms with Gasteiger partial charge < -0.3 is 15.0 Å². The third kappa shape index (κ3) is 5.10. The van der Waals surface area contributed by atoms with E-state index in [1.54, 1.807) is 16.7 Å². The van der Waals surface area contributed by atoms with Crippen molar-refractivity contribution in [2.75, 3.05) is 5.32 Å². The van der Waals surface area contributed by atoms with Crippen molar-refractivity contribution in [1.29, 1.82) is 0 Å². The average Bonchev–Trinajstić information content (AvgIpc) is 3.18. The molecule has 4 nitrogen and oxygen atoms in total. The summed E-state index contributed by atoms with van der Waals surface area (Å²) in [5.74, 6) is -0.979. The van der Waals surface area contributed by atoms with Gasteiger partial charge in [0.25, 0.3) is 0 Å². The second-order valence-corrected chi connectivity index (χ2v) is 8.56. The van der Waals surface area contributed by atoms with E-state index in [2.05, 4.69) is 5.32 Å². The lowest BCUT2D eigenvalue weighted by Gasteiger charge is -2.10. The van der Waals surface area contributed by atoms with Crippen molar-refractivity contribution >= 4 is 46.5 Å². The number of nitrogens with zero attached hydrogens (tertiary/aromatic N) is 1. The van der Waals surface area contributed by atoms with Crippen LogP contribution in [0.2, 0.25) is 15.1 Å². The number of anilines is 1. The molecule has 0 unspecified atom stereocenters. The van der Waals surface area contributed by atoms with Gasteiger partial charge in [0, 0.05) is 51.2 Å². The van der Waals surface area contributed by atoms with Crippen LogP contribution >= 0.6 is 34.8 Å². The molecule has 0 amide bonds. The number of hydrogen-bond donors (Lipinski definition) is 2. The van der Waals surface area contributed by atoms with Crippen LogP contribution in [0.5, 0.6) is 0 Å². The number of carboxylic acids is 1. The summed E-state index contributed by atoms with van der Waals surface area (Å²) in [6, 6.07) is 22.3. The van der Waals surface area contributed by atoms with Crippen LogP contribution in [-0.2, 0) is 13.1 Å². The van der Waals surface area contributed by atoms with Gasteiger partial charge in [-0.05, 0) is 53.6 Å². The molecule has 4 aromatic rings. The van der Waals surface area contributed by atoms with E-state index in [0.717, 1.165) is 27.9 Å². The van der Waals surface area contributed by atoms with E-state index >= 15 is 0 Å². The number of rotatable bonds is 7. The van der Waals surface area contributed by atoms with Gasteiger partial charge in [0.15, 0.2) is 0 Å². The first-order chi connectivity index (χ1) is 15.4. The summed E-state index contributed by atoms with van der Waals surface area (Å²) in [4.78, 5) is 11.8. The van der Waals surface area contributed by atoms with E-state index in [1.165, 1.54) is 0 Å². The van der Waals surface area contributed by atoms with Gasteiger partial charge >= 0.3 is 5.97 Å². The van der Waals surface area contributed by atoms with Gasteiger partial charge in [0.1, 0.15) is 5.69 Å². The minimum absolute atomic E-state index is 0.218. The Balaban J connectivity index is 1.53. The molecule has 2 N–H and O–H groups in total. The number of hydrogen-bond acceptors (Lipinski definition) is 2. The van der Waals surface area contributed by atoms with Crippen LogP contribution in [0.15, 0.2) is 79.0 Å². The zero-order chi connectivity index (χ0) is 22.7. The van der Waals surface area contributed by atoms with Crippen LogP contribution in [0.1, 0.15) is 21.6 Å². The maximum absolute atomic E-state index is 11.8. The maximum Gasteiger partial charge on any atom is 0.352 e. The van der Waals surface area contributed by atoms with E-state index in [0.29, 0.717) is 28.2 Å². The number of halogens is 3. The Morgan fingerprint density at radius 3 is 2.22 bits per heavy atom. The molecule has 1 heterocycles. The Hall–Kier alpha value is -2.92. The Morgan fingerprint density at radius 1 is 0.875 bits per heavy atom. The number of aromatic nitrogens is 1. The fourth-order valence-electron chi connectivity index (χ4n) is 3.48. The quantitative estimate of drug-likeness (QED) is 0.285. The predicted molar refractivity (Wildman–Crippen MR) is 131 cm³/mol. The van der Waals surface area contributed by atoms with Crippen molar-refractivity contribution < 1.29 is 9.90 Å². The van der Waals surface area contributed by atoms with E-state index in [-0.39, 0.29) is 5.69 Å². The molecule has 7 heteroatoms. The molecule has 162 valence electrons. The fraction of sp³-hybridized carbons (Fsp3) is 0.0800. The molecule has 0 aliphatic heterocycles. The van der Waals surface area contributed by atoms with Gasteiger partial charge in [-0.25, -0.2) is 4.79 Å². The van der Waals surface area contributed by atoms with Gasteiger partial charge in [0.05, 0.1) is 0 Å². The van der Waals surface area contributed by atoms with Crippen molar-refractivity contribution in [3.8, 4) is 11.1 Å². The smallest absolute Gasteiger partial charge is 0.352 e. The standard InChI is InChI=1S/C25H19Cl3N2O2/c26-19-4-1-3-16(11-19)14-30-15-18(12-24(30)25(31)32)17-7-9-20(10-8-17)29-13-21-22(27)5-2-6-23(21)28/h1-12,15,29H,13-14H2,(H,31,32). The Labute approximate surface area is 201 Å². The first kappa shape index (κ1) is 22.3. The van der Waals surface area contributed by atoms with E-state index in [1.807, 2.05) is 66.9 Å².